The van der Waals surface area contributed by atoms with Crippen LogP contribution in [0.2, 0.25) is 0 Å². The van der Waals surface area contributed by atoms with E-state index in [4.69, 9.17) is 0 Å². The molecule has 1 N–H and O–H groups in total. The normalized spacial score (nSPS) is 16.2. The molecule has 0 aromatic heterocycles. The Hall–Kier alpha value is -2.26. The number of ether oxygens (including phenoxy) is 1. The molecule has 0 spiro atoms. The Morgan fingerprint density at radius 3 is 1.74 bits per heavy atom. The van der Waals surface area contributed by atoms with Crippen LogP contribution in [0.25, 0.3) is 0 Å². The summed E-state index contributed by atoms with van der Waals surface area (Å²) >= 11 is 0. The molecule has 3 nitrogen and oxygen atoms in total. The second-order valence-corrected chi connectivity index (χ2v) is 7.25. The predicted molar refractivity (Wildman–Crippen MR) is 87.4 cm³/mol. The van der Waals surface area contributed by atoms with Crippen LogP contribution in [0.1, 0.15) is 36.2 Å². The third kappa shape index (κ3) is 4.77. The first kappa shape index (κ1) is 29.8. The maximum atomic E-state index is 14.1. The van der Waals surface area contributed by atoms with Gasteiger partial charge in [0.1, 0.15) is 0 Å². The van der Waals surface area contributed by atoms with Crippen molar-refractivity contribution in [2.24, 2.45) is 0 Å². The summed E-state index contributed by atoms with van der Waals surface area (Å²) in [5.41, 5.74) is -4.59. The van der Waals surface area contributed by atoms with Crippen molar-refractivity contribution < 1.29 is 71.7 Å². The van der Waals surface area contributed by atoms with E-state index in [0.29, 0.717) is 13.0 Å². The van der Waals surface area contributed by atoms with Gasteiger partial charge in [-0.05, 0) is 31.5 Å². The molecular weight excluding hydrogens is 511 g/mol. The molecule has 34 heavy (non-hydrogen) atoms. The van der Waals surface area contributed by atoms with E-state index in [1.807, 2.05) is 0 Å². The van der Waals surface area contributed by atoms with Gasteiger partial charge in [0.05, 0.1) is 24.2 Å². The van der Waals surface area contributed by atoms with Gasteiger partial charge in [-0.15, -0.1) is 0 Å². The highest BCUT2D eigenvalue weighted by atomic mass is 19.4. The lowest BCUT2D eigenvalue weighted by Gasteiger charge is -2.41. The number of aliphatic hydroxyl groups is 1. The van der Waals surface area contributed by atoms with Gasteiger partial charge in [0.15, 0.2) is 0 Å². The number of esters is 1. The van der Waals surface area contributed by atoms with E-state index in [9.17, 15) is 67.0 Å². The predicted octanol–water partition coefficient (Wildman–Crippen LogP) is 6.20. The fraction of sp³-hybridized carbons (Fsp3) is 0.611. The topological polar surface area (TPSA) is 46.5 Å². The van der Waals surface area contributed by atoms with Gasteiger partial charge in [-0.2, -0.15) is 57.1 Å². The summed E-state index contributed by atoms with van der Waals surface area (Å²) in [6.45, 7) is 1.47. The molecule has 16 heteroatoms. The highest BCUT2D eigenvalue weighted by Crippen LogP contribution is 2.61. The van der Waals surface area contributed by atoms with Crippen LogP contribution in [0.5, 0.6) is 0 Å². The molecule has 0 aliphatic heterocycles. The van der Waals surface area contributed by atoms with Crippen LogP contribution in [0.15, 0.2) is 24.3 Å². The highest BCUT2D eigenvalue weighted by molar-refractivity contribution is 5.89. The first-order chi connectivity index (χ1) is 14.9. The van der Waals surface area contributed by atoms with E-state index in [-0.39, 0.29) is 6.61 Å². The summed E-state index contributed by atoms with van der Waals surface area (Å²) in [6, 6.07) is 3.22. The van der Waals surface area contributed by atoms with Gasteiger partial charge in [-0.1, -0.05) is 12.1 Å². The lowest BCUT2D eigenvalue weighted by molar-refractivity contribution is -0.441. The molecule has 0 radical (unpaired) electrons. The van der Waals surface area contributed by atoms with E-state index in [1.54, 1.807) is 0 Å². The summed E-state index contributed by atoms with van der Waals surface area (Å²) in [7, 11) is 0. The third-order valence-electron chi connectivity index (χ3n) is 4.56. The van der Waals surface area contributed by atoms with Crippen molar-refractivity contribution in [2.75, 3.05) is 6.61 Å². The lowest BCUT2D eigenvalue weighted by atomic mass is 9.84. The number of hydrogen-bond acceptors (Lipinski definition) is 3. The summed E-state index contributed by atoms with van der Waals surface area (Å²) in [5, 5.41) is 10.2. The van der Waals surface area contributed by atoms with Crippen molar-refractivity contribution in [3.63, 3.8) is 0 Å². The highest BCUT2D eigenvalue weighted by Gasteiger charge is 2.90. The number of alkyl halides is 13. The minimum absolute atomic E-state index is 0.185. The zero-order valence-electron chi connectivity index (χ0n) is 16.9. The maximum Gasteiger partial charge on any atom is 0.460 e. The monoisotopic (exact) mass is 526 g/mol. The third-order valence-corrected chi connectivity index (χ3v) is 4.56. The molecule has 0 saturated carbocycles. The molecule has 1 aromatic rings. The summed E-state index contributed by atoms with van der Waals surface area (Å²) in [6.07, 6.45) is -10.4. The molecule has 1 rings (SSSR count). The molecule has 0 bridgehead atoms. The second-order valence-electron chi connectivity index (χ2n) is 7.25. The second kappa shape index (κ2) is 8.75. The van der Waals surface area contributed by atoms with Crippen molar-refractivity contribution in [1.82, 2.24) is 0 Å². The van der Waals surface area contributed by atoms with Crippen LogP contribution in [0.4, 0.5) is 57.1 Å². The summed E-state index contributed by atoms with van der Waals surface area (Å²) in [4.78, 5) is 11.7. The minimum atomic E-state index is -8.03. The van der Waals surface area contributed by atoms with Gasteiger partial charge in [-0.25, -0.2) is 4.79 Å². The number of rotatable bonds is 9. The molecule has 0 aliphatic rings. The fourth-order valence-electron chi connectivity index (χ4n) is 2.64. The van der Waals surface area contributed by atoms with Crippen molar-refractivity contribution >= 4 is 5.97 Å². The molecule has 0 amide bonds. The van der Waals surface area contributed by atoms with Crippen molar-refractivity contribution in [2.45, 2.75) is 61.7 Å². The molecule has 0 fully saturated rings. The van der Waals surface area contributed by atoms with Crippen LogP contribution in [-0.2, 0) is 10.3 Å². The number of hydrogen-bond donors (Lipinski definition) is 1. The molecule has 196 valence electrons. The Morgan fingerprint density at radius 1 is 0.824 bits per heavy atom. The zero-order chi connectivity index (χ0) is 27.2. The smallest absolute Gasteiger partial charge is 0.460 e. The van der Waals surface area contributed by atoms with Gasteiger partial charge in [0.25, 0.3) is 0 Å². The number of carbonyl (C=O) groups is 1. The van der Waals surface area contributed by atoms with E-state index >= 15 is 0 Å². The van der Waals surface area contributed by atoms with Gasteiger partial charge >= 0.3 is 41.8 Å². The maximum absolute atomic E-state index is 14.1. The quantitative estimate of drug-likeness (QED) is 0.308. The van der Waals surface area contributed by atoms with E-state index < -0.39 is 64.9 Å². The largest absolute Gasteiger partial charge is 0.462 e. The summed E-state index contributed by atoms with van der Waals surface area (Å²) < 4.78 is 177. The zero-order valence-corrected chi connectivity index (χ0v) is 16.9. The first-order valence-corrected chi connectivity index (χ1v) is 8.86. The summed E-state index contributed by atoms with van der Waals surface area (Å²) in [5.74, 6) is -38.9. The van der Waals surface area contributed by atoms with Crippen LogP contribution in [0.3, 0.4) is 0 Å². The number of benzene rings is 1. The van der Waals surface area contributed by atoms with Crippen LogP contribution >= 0.6 is 0 Å². The van der Waals surface area contributed by atoms with Gasteiger partial charge in [0.2, 0.25) is 0 Å². The molecule has 0 saturated heterocycles. The Balaban J connectivity index is 3.45. The van der Waals surface area contributed by atoms with E-state index in [2.05, 4.69) is 4.74 Å². The fourth-order valence-corrected chi connectivity index (χ4v) is 2.64. The standard InChI is InChI=1S/C18H15F13O3/c1-3-34-11(32)9-5-4-6-10(7-9)12(2,33)8-13(19,20)14(21,22)15(23,24)16(25,26)17(27,28)18(29,30)31/h4-7,33H,3,8H2,1-2H3. The SMILES string of the molecule is CCOC(=O)c1cccc(C(C)(O)CC(F)(F)C(F)(F)C(F)(F)C(F)(F)C(F)(F)C(F)(F)F)c1. The Bertz CT molecular complexity index is 891. The van der Waals surface area contributed by atoms with Crippen molar-refractivity contribution in [1.29, 1.82) is 0 Å². The van der Waals surface area contributed by atoms with Gasteiger partial charge < -0.3 is 9.84 Å². The molecule has 1 aromatic carbocycles. The van der Waals surface area contributed by atoms with Crippen molar-refractivity contribution in [3.05, 3.63) is 35.4 Å². The minimum Gasteiger partial charge on any atom is -0.462 e. The first-order valence-electron chi connectivity index (χ1n) is 8.86. The molecule has 1 unspecified atom stereocenters. The Kier molecular flexibility index (Phi) is 7.66. The van der Waals surface area contributed by atoms with Crippen LogP contribution in [0, 0.1) is 0 Å². The molecule has 0 heterocycles. The van der Waals surface area contributed by atoms with Crippen LogP contribution in [-0.4, -0.2) is 53.5 Å². The van der Waals surface area contributed by atoms with E-state index in [1.165, 1.54) is 6.92 Å². The Morgan fingerprint density at radius 2 is 1.29 bits per heavy atom. The number of carbonyl (C=O) groups excluding carboxylic acids is 1. The van der Waals surface area contributed by atoms with Gasteiger partial charge in [0, 0.05) is 0 Å². The number of halogens is 13. The van der Waals surface area contributed by atoms with E-state index in [0.717, 1.165) is 18.2 Å². The average molecular weight is 526 g/mol. The average Bonchev–Trinajstić information content (AvgIpc) is 2.66. The molecule has 1 atom stereocenters. The molecular formula is C18H15F13O3. The lowest BCUT2D eigenvalue weighted by Crippen LogP contribution is -2.70. The molecule has 0 aliphatic carbocycles. The van der Waals surface area contributed by atoms with Crippen LogP contribution < -0.4 is 0 Å². The Labute approximate surface area is 182 Å². The van der Waals surface area contributed by atoms with Crippen molar-refractivity contribution in [3.8, 4) is 0 Å². The van der Waals surface area contributed by atoms with Gasteiger partial charge in [-0.3, -0.25) is 0 Å².